The molecule has 2 atom stereocenters. The quantitative estimate of drug-likeness (QED) is 0.763. The standard InChI is InChI=1S/C25H32N2O4S/c1-19-8-13-24(22-6-4-3-5-7-22)32(30,31)27(19)18-21-9-11-23(12-10-21)25(29)14-16-26(17-15-25)20(2)28/h3-7,9-12,19,24,29H,8,13-18H2,1-2H3. The summed E-state index contributed by atoms with van der Waals surface area (Å²) in [7, 11) is -3.48. The molecule has 2 unspecified atom stereocenters. The predicted molar refractivity (Wildman–Crippen MR) is 124 cm³/mol. The molecule has 0 radical (unpaired) electrons. The molecule has 1 N–H and O–H groups in total. The van der Waals surface area contributed by atoms with E-state index in [4.69, 9.17) is 0 Å². The molecule has 7 heteroatoms. The molecule has 2 aromatic carbocycles. The maximum Gasteiger partial charge on any atom is 0.221 e. The number of carbonyl (C=O) groups is 1. The zero-order valence-corrected chi connectivity index (χ0v) is 19.6. The summed E-state index contributed by atoms with van der Waals surface area (Å²) in [6.07, 6.45) is 2.46. The number of hydrogen-bond acceptors (Lipinski definition) is 4. The summed E-state index contributed by atoms with van der Waals surface area (Å²) in [6.45, 7) is 4.93. The molecule has 6 nitrogen and oxygen atoms in total. The van der Waals surface area contributed by atoms with Crippen molar-refractivity contribution < 1.29 is 18.3 Å². The average Bonchev–Trinajstić information content (AvgIpc) is 2.78. The minimum absolute atomic E-state index is 0.0352. The SMILES string of the molecule is CC(=O)N1CCC(O)(c2ccc(CN3C(C)CCC(c4ccccc4)S3(=O)=O)cc2)CC1. The Bertz CT molecular complexity index is 1050. The normalized spacial score (nSPS) is 25.4. The number of aliphatic hydroxyl groups is 1. The Hall–Kier alpha value is -2.22. The maximum absolute atomic E-state index is 13.4. The molecule has 172 valence electrons. The molecule has 2 heterocycles. The molecule has 0 spiro atoms. The monoisotopic (exact) mass is 456 g/mol. The second-order valence-corrected chi connectivity index (χ2v) is 11.2. The third-order valence-electron chi connectivity index (χ3n) is 7.06. The predicted octanol–water partition coefficient (Wildman–Crippen LogP) is 3.57. The van der Waals surface area contributed by atoms with Gasteiger partial charge in [0.2, 0.25) is 15.9 Å². The highest BCUT2D eigenvalue weighted by atomic mass is 32.2. The van der Waals surface area contributed by atoms with E-state index in [1.807, 2.05) is 61.5 Å². The zero-order valence-electron chi connectivity index (χ0n) is 18.8. The van der Waals surface area contributed by atoms with Crippen LogP contribution in [0.2, 0.25) is 0 Å². The van der Waals surface area contributed by atoms with Gasteiger partial charge in [0, 0.05) is 32.6 Å². The van der Waals surface area contributed by atoms with Crippen molar-refractivity contribution >= 4 is 15.9 Å². The molecule has 0 aromatic heterocycles. The number of amides is 1. The first-order valence-corrected chi connectivity index (χ1v) is 12.8. The van der Waals surface area contributed by atoms with Crippen LogP contribution >= 0.6 is 0 Å². The van der Waals surface area contributed by atoms with Gasteiger partial charge >= 0.3 is 0 Å². The highest BCUT2D eigenvalue weighted by Crippen LogP contribution is 2.38. The van der Waals surface area contributed by atoms with Crippen LogP contribution in [0.5, 0.6) is 0 Å². The summed E-state index contributed by atoms with van der Waals surface area (Å²) in [4.78, 5) is 13.3. The molecule has 0 saturated carbocycles. The van der Waals surface area contributed by atoms with E-state index in [1.165, 1.54) is 0 Å². The molecule has 4 rings (SSSR count). The number of hydrogen-bond donors (Lipinski definition) is 1. The van der Waals surface area contributed by atoms with E-state index in [0.717, 1.165) is 23.1 Å². The van der Waals surface area contributed by atoms with Crippen molar-refractivity contribution in [3.63, 3.8) is 0 Å². The molecular formula is C25H32N2O4S. The third-order valence-corrected chi connectivity index (χ3v) is 9.43. The van der Waals surface area contributed by atoms with Gasteiger partial charge in [0.15, 0.2) is 0 Å². The largest absolute Gasteiger partial charge is 0.385 e. The third kappa shape index (κ3) is 4.47. The lowest BCUT2D eigenvalue weighted by Gasteiger charge is -2.39. The van der Waals surface area contributed by atoms with Crippen LogP contribution in [0.1, 0.15) is 61.5 Å². The Morgan fingerprint density at radius 3 is 2.25 bits per heavy atom. The molecular weight excluding hydrogens is 424 g/mol. The summed E-state index contributed by atoms with van der Waals surface area (Å²) in [5.41, 5.74) is 1.62. The van der Waals surface area contributed by atoms with Crippen molar-refractivity contribution in [2.24, 2.45) is 0 Å². The number of carbonyl (C=O) groups excluding carboxylic acids is 1. The fourth-order valence-electron chi connectivity index (χ4n) is 4.93. The van der Waals surface area contributed by atoms with E-state index in [1.54, 1.807) is 16.1 Å². The van der Waals surface area contributed by atoms with E-state index < -0.39 is 20.9 Å². The van der Waals surface area contributed by atoms with Crippen molar-refractivity contribution in [3.05, 3.63) is 71.3 Å². The summed E-state index contributed by atoms with van der Waals surface area (Å²) in [6, 6.07) is 17.0. The van der Waals surface area contributed by atoms with Gasteiger partial charge in [-0.2, -0.15) is 4.31 Å². The molecule has 1 amide bonds. The highest BCUT2D eigenvalue weighted by Gasteiger charge is 2.40. The van der Waals surface area contributed by atoms with Gasteiger partial charge in [0.25, 0.3) is 0 Å². The molecule has 2 saturated heterocycles. The first-order valence-electron chi connectivity index (χ1n) is 11.3. The van der Waals surface area contributed by atoms with Crippen molar-refractivity contribution in [1.82, 2.24) is 9.21 Å². The zero-order chi connectivity index (χ0) is 22.9. The Labute approximate surface area is 190 Å². The molecule has 32 heavy (non-hydrogen) atoms. The van der Waals surface area contributed by atoms with Crippen molar-refractivity contribution in [1.29, 1.82) is 0 Å². The van der Waals surface area contributed by atoms with Crippen LogP contribution in [-0.4, -0.2) is 47.8 Å². The van der Waals surface area contributed by atoms with Crippen molar-refractivity contribution in [3.8, 4) is 0 Å². The summed E-state index contributed by atoms with van der Waals surface area (Å²) < 4.78 is 28.5. The molecule has 2 aromatic rings. The fraction of sp³-hybridized carbons (Fsp3) is 0.480. The van der Waals surface area contributed by atoms with Crippen LogP contribution in [0.25, 0.3) is 0 Å². The molecule has 0 aliphatic carbocycles. The van der Waals surface area contributed by atoms with Crippen molar-refractivity contribution in [2.75, 3.05) is 13.1 Å². The van der Waals surface area contributed by atoms with E-state index in [-0.39, 0.29) is 11.9 Å². The van der Waals surface area contributed by atoms with Gasteiger partial charge in [-0.3, -0.25) is 4.79 Å². The number of likely N-dealkylation sites (tertiary alicyclic amines) is 1. The second-order valence-electron chi connectivity index (χ2n) is 9.15. The van der Waals surface area contributed by atoms with Gasteiger partial charge in [-0.1, -0.05) is 54.6 Å². The van der Waals surface area contributed by atoms with Crippen LogP contribution < -0.4 is 0 Å². The number of piperidine rings is 1. The van der Waals surface area contributed by atoms with Gasteiger partial charge in [0.1, 0.15) is 5.25 Å². The van der Waals surface area contributed by atoms with Crippen LogP contribution in [0.4, 0.5) is 0 Å². The van der Waals surface area contributed by atoms with E-state index >= 15 is 0 Å². The number of rotatable bonds is 4. The van der Waals surface area contributed by atoms with Crippen LogP contribution in [-0.2, 0) is 27.0 Å². The smallest absolute Gasteiger partial charge is 0.221 e. The summed E-state index contributed by atoms with van der Waals surface area (Å²) in [5, 5.41) is 10.6. The average molecular weight is 457 g/mol. The molecule has 2 fully saturated rings. The van der Waals surface area contributed by atoms with Gasteiger partial charge in [-0.15, -0.1) is 0 Å². The summed E-state index contributed by atoms with van der Waals surface area (Å²) in [5.74, 6) is 0.0352. The van der Waals surface area contributed by atoms with Crippen molar-refractivity contribution in [2.45, 2.75) is 63.0 Å². The fourth-order valence-corrected chi connectivity index (χ4v) is 7.13. The van der Waals surface area contributed by atoms with Gasteiger partial charge < -0.3 is 10.0 Å². The molecule has 2 aliphatic rings. The topological polar surface area (TPSA) is 77.9 Å². The second kappa shape index (κ2) is 8.96. The first-order chi connectivity index (χ1) is 15.2. The lowest BCUT2D eigenvalue weighted by molar-refractivity contribution is -0.133. The van der Waals surface area contributed by atoms with Gasteiger partial charge in [-0.05, 0) is 49.3 Å². The minimum Gasteiger partial charge on any atom is -0.385 e. The Morgan fingerprint density at radius 1 is 1.03 bits per heavy atom. The molecule has 0 bridgehead atoms. The van der Waals surface area contributed by atoms with Crippen LogP contribution in [0.3, 0.4) is 0 Å². The maximum atomic E-state index is 13.4. The Morgan fingerprint density at radius 2 is 1.66 bits per heavy atom. The van der Waals surface area contributed by atoms with Crippen LogP contribution in [0, 0.1) is 0 Å². The van der Waals surface area contributed by atoms with Gasteiger partial charge in [-0.25, -0.2) is 8.42 Å². The Kier molecular flexibility index (Phi) is 6.43. The van der Waals surface area contributed by atoms with E-state index in [9.17, 15) is 18.3 Å². The number of benzene rings is 2. The minimum atomic E-state index is -3.48. The highest BCUT2D eigenvalue weighted by molar-refractivity contribution is 7.89. The lowest BCUT2D eigenvalue weighted by atomic mass is 9.84. The van der Waals surface area contributed by atoms with Gasteiger partial charge in [0.05, 0.1) is 5.60 Å². The van der Waals surface area contributed by atoms with E-state index in [2.05, 4.69) is 0 Å². The number of sulfonamides is 1. The summed E-state index contributed by atoms with van der Waals surface area (Å²) >= 11 is 0. The Balaban J connectivity index is 1.49. The molecule has 2 aliphatic heterocycles. The number of nitrogens with zero attached hydrogens (tertiary/aromatic N) is 2. The lowest BCUT2D eigenvalue weighted by Crippen LogP contribution is -2.45. The first kappa shape index (κ1) is 23.0. The van der Waals surface area contributed by atoms with E-state index in [0.29, 0.717) is 38.9 Å². The van der Waals surface area contributed by atoms with Crippen LogP contribution in [0.15, 0.2) is 54.6 Å².